The normalized spacial score (nSPS) is 14.9. The molecule has 24 heavy (non-hydrogen) atoms. The second kappa shape index (κ2) is 10.3. The van der Waals surface area contributed by atoms with Crippen LogP contribution in [-0.2, 0) is 4.74 Å². The third-order valence-electron chi connectivity index (χ3n) is 3.77. The van der Waals surface area contributed by atoms with Crippen LogP contribution < -0.4 is 25.0 Å². The molecule has 1 aromatic rings. The second-order valence-electron chi connectivity index (χ2n) is 5.52. The summed E-state index contributed by atoms with van der Waals surface area (Å²) in [6.45, 7) is 10.8. The molecule has 1 heterocycles. The lowest BCUT2D eigenvalue weighted by molar-refractivity contribution is -0.906. The highest BCUT2D eigenvalue weighted by atomic mass is 32.1. The summed E-state index contributed by atoms with van der Waals surface area (Å²) >= 11 is 5.37. The van der Waals surface area contributed by atoms with Gasteiger partial charge in [-0.25, -0.2) is 0 Å². The van der Waals surface area contributed by atoms with Gasteiger partial charge in [0.1, 0.15) is 13.1 Å². The lowest BCUT2D eigenvalue weighted by Crippen LogP contribution is -3.14. The van der Waals surface area contributed by atoms with Crippen LogP contribution in [0.1, 0.15) is 13.8 Å². The van der Waals surface area contributed by atoms with Gasteiger partial charge in [0, 0.05) is 11.8 Å². The fraction of sp³-hybridized carbons (Fsp3) is 0.588. The topological polar surface area (TPSA) is 56.2 Å². The van der Waals surface area contributed by atoms with E-state index in [9.17, 15) is 0 Å². The van der Waals surface area contributed by atoms with Crippen molar-refractivity contribution < 1.29 is 19.1 Å². The SMILES string of the molecule is CCOc1ccc(NC(=S)NCC[NH+]2CCOCC2)cc1OCC. The average molecular weight is 354 g/mol. The van der Waals surface area contributed by atoms with Crippen LogP contribution in [0.25, 0.3) is 0 Å². The van der Waals surface area contributed by atoms with Crippen LogP contribution in [0.5, 0.6) is 11.5 Å². The summed E-state index contributed by atoms with van der Waals surface area (Å²) in [6.07, 6.45) is 0. The Morgan fingerprint density at radius 2 is 1.88 bits per heavy atom. The third-order valence-corrected chi connectivity index (χ3v) is 4.01. The van der Waals surface area contributed by atoms with Gasteiger partial charge in [-0.3, -0.25) is 0 Å². The molecule has 0 bridgehead atoms. The maximum Gasteiger partial charge on any atom is 0.170 e. The molecule has 0 spiro atoms. The van der Waals surface area contributed by atoms with Crippen LogP contribution in [-0.4, -0.2) is 57.7 Å². The second-order valence-corrected chi connectivity index (χ2v) is 5.93. The smallest absolute Gasteiger partial charge is 0.170 e. The summed E-state index contributed by atoms with van der Waals surface area (Å²) in [5, 5.41) is 7.07. The Hall–Kier alpha value is -1.57. The summed E-state index contributed by atoms with van der Waals surface area (Å²) in [5.74, 6) is 1.48. The van der Waals surface area contributed by atoms with E-state index in [1.54, 1.807) is 4.90 Å². The van der Waals surface area contributed by atoms with Crippen LogP contribution in [0.2, 0.25) is 0 Å². The van der Waals surface area contributed by atoms with Crippen molar-refractivity contribution in [1.82, 2.24) is 5.32 Å². The first kappa shape index (κ1) is 18.8. The van der Waals surface area contributed by atoms with Gasteiger partial charge < -0.3 is 29.7 Å². The number of nitrogens with one attached hydrogen (secondary N) is 3. The van der Waals surface area contributed by atoms with E-state index in [0.29, 0.717) is 18.3 Å². The summed E-state index contributed by atoms with van der Waals surface area (Å²) < 4.78 is 16.6. The lowest BCUT2D eigenvalue weighted by Gasteiger charge is -2.24. The maximum atomic E-state index is 5.63. The Morgan fingerprint density at radius 3 is 2.58 bits per heavy atom. The molecule has 0 saturated carbocycles. The van der Waals surface area contributed by atoms with Gasteiger partial charge >= 0.3 is 0 Å². The molecule has 1 aromatic carbocycles. The minimum Gasteiger partial charge on any atom is -0.490 e. The largest absolute Gasteiger partial charge is 0.490 e. The molecule has 0 aliphatic carbocycles. The van der Waals surface area contributed by atoms with E-state index >= 15 is 0 Å². The molecule has 0 aromatic heterocycles. The number of benzene rings is 1. The van der Waals surface area contributed by atoms with Gasteiger partial charge in [0.05, 0.1) is 39.5 Å². The molecule has 134 valence electrons. The predicted molar refractivity (Wildman–Crippen MR) is 99.4 cm³/mol. The quantitative estimate of drug-likeness (QED) is 0.597. The van der Waals surface area contributed by atoms with Gasteiger partial charge in [-0.2, -0.15) is 0 Å². The zero-order valence-corrected chi connectivity index (χ0v) is 15.3. The van der Waals surface area contributed by atoms with Crippen molar-refractivity contribution in [3.8, 4) is 11.5 Å². The van der Waals surface area contributed by atoms with Gasteiger partial charge in [0.15, 0.2) is 16.6 Å². The Labute approximate surface area is 149 Å². The van der Waals surface area contributed by atoms with Gasteiger partial charge in [0.25, 0.3) is 0 Å². The first-order valence-electron chi connectivity index (χ1n) is 8.58. The average Bonchev–Trinajstić information content (AvgIpc) is 2.58. The molecule has 0 atom stereocenters. The summed E-state index contributed by atoms with van der Waals surface area (Å²) in [6, 6.07) is 5.75. The van der Waals surface area contributed by atoms with Gasteiger partial charge in [-0.15, -0.1) is 0 Å². The maximum absolute atomic E-state index is 5.63. The Morgan fingerprint density at radius 1 is 1.17 bits per heavy atom. The molecular formula is C17H28N3O3S+. The van der Waals surface area contributed by atoms with Crippen molar-refractivity contribution in [2.24, 2.45) is 0 Å². The number of hydrogen-bond acceptors (Lipinski definition) is 4. The molecule has 0 radical (unpaired) electrons. The van der Waals surface area contributed by atoms with Crippen molar-refractivity contribution >= 4 is 23.0 Å². The molecule has 2 rings (SSSR count). The first-order valence-corrected chi connectivity index (χ1v) is 8.99. The number of hydrogen-bond donors (Lipinski definition) is 3. The molecule has 0 unspecified atom stereocenters. The van der Waals surface area contributed by atoms with E-state index in [0.717, 1.165) is 56.6 Å². The number of rotatable bonds is 8. The summed E-state index contributed by atoms with van der Waals surface area (Å²) in [7, 11) is 0. The van der Waals surface area contributed by atoms with Crippen LogP contribution in [0.15, 0.2) is 18.2 Å². The Kier molecular flexibility index (Phi) is 8.07. The molecular weight excluding hydrogens is 326 g/mol. The minimum atomic E-state index is 0.592. The van der Waals surface area contributed by atoms with E-state index < -0.39 is 0 Å². The number of quaternary nitrogens is 1. The number of ether oxygens (including phenoxy) is 3. The minimum absolute atomic E-state index is 0.592. The molecule has 7 heteroatoms. The van der Waals surface area contributed by atoms with E-state index in [4.69, 9.17) is 26.4 Å². The van der Waals surface area contributed by atoms with Gasteiger partial charge in [0.2, 0.25) is 0 Å². The lowest BCUT2D eigenvalue weighted by atomic mass is 10.2. The van der Waals surface area contributed by atoms with E-state index in [2.05, 4.69) is 10.6 Å². The van der Waals surface area contributed by atoms with Gasteiger partial charge in [-0.1, -0.05) is 0 Å². The molecule has 6 nitrogen and oxygen atoms in total. The summed E-state index contributed by atoms with van der Waals surface area (Å²) in [4.78, 5) is 1.55. The van der Waals surface area contributed by atoms with E-state index in [1.165, 1.54) is 0 Å². The molecule has 1 aliphatic heterocycles. The van der Waals surface area contributed by atoms with Crippen molar-refractivity contribution in [1.29, 1.82) is 0 Å². The fourth-order valence-corrected chi connectivity index (χ4v) is 2.79. The first-order chi connectivity index (χ1) is 11.7. The number of morpholine rings is 1. The number of anilines is 1. The monoisotopic (exact) mass is 354 g/mol. The zero-order valence-electron chi connectivity index (χ0n) is 14.5. The molecule has 0 amide bonds. The highest BCUT2D eigenvalue weighted by Gasteiger charge is 2.13. The van der Waals surface area contributed by atoms with E-state index in [1.807, 2.05) is 32.0 Å². The standard InChI is InChI=1S/C17H27N3O3S/c1-3-22-15-6-5-14(13-16(15)23-4-2)19-17(24)18-7-8-20-9-11-21-12-10-20/h5-6,13H,3-4,7-12H2,1-2H3,(H2,18,19,24)/p+1. The molecule has 1 aliphatic rings. The van der Waals surface area contributed by atoms with Crippen molar-refractivity contribution in [3.63, 3.8) is 0 Å². The van der Waals surface area contributed by atoms with Crippen LogP contribution >= 0.6 is 12.2 Å². The predicted octanol–water partition coefficient (Wildman–Crippen LogP) is 0.686. The molecule has 1 fully saturated rings. The van der Waals surface area contributed by atoms with Crippen LogP contribution in [0.4, 0.5) is 5.69 Å². The Balaban J connectivity index is 1.80. The highest BCUT2D eigenvalue weighted by Crippen LogP contribution is 2.30. The van der Waals surface area contributed by atoms with Crippen molar-refractivity contribution in [2.45, 2.75) is 13.8 Å². The zero-order chi connectivity index (χ0) is 17.2. The van der Waals surface area contributed by atoms with Crippen molar-refractivity contribution in [3.05, 3.63) is 18.2 Å². The molecule has 3 N–H and O–H groups in total. The number of thiocarbonyl (C=S) groups is 1. The summed E-state index contributed by atoms with van der Waals surface area (Å²) in [5.41, 5.74) is 0.887. The highest BCUT2D eigenvalue weighted by molar-refractivity contribution is 7.80. The third kappa shape index (κ3) is 6.14. The van der Waals surface area contributed by atoms with Crippen molar-refractivity contribution in [2.75, 3.05) is 57.9 Å². The van der Waals surface area contributed by atoms with Crippen LogP contribution in [0.3, 0.4) is 0 Å². The van der Waals surface area contributed by atoms with E-state index in [-0.39, 0.29) is 0 Å². The fourth-order valence-electron chi connectivity index (χ4n) is 2.57. The molecule has 1 saturated heterocycles. The van der Waals surface area contributed by atoms with Crippen LogP contribution in [0, 0.1) is 0 Å². The Bertz CT molecular complexity index is 522. The van der Waals surface area contributed by atoms with Gasteiger partial charge in [-0.05, 0) is 38.2 Å².